The van der Waals surface area contributed by atoms with E-state index >= 15 is 0 Å². The maximum absolute atomic E-state index is 5.28. The van der Waals surface area contributed by atoms with Gasteiger partial charge in [0, 0.05) is 6.04 Å². The summed E-state index contributed by atoms with van der Waals surface area (Å²) in [7, 11) is 3.69. The number of hydrogen-bond acceptors (Lipinski definition) is 2. The number of ether oxygens (including phenoxy) is 1. The van der Waals surface area contributed by atoms with Gasteiger partial charge >= 0.3 is 0 Å². The number of halogens is 1. The van der Waals surface area contributed by atoms with Crippen molar-refractivity contribution >= 4 is 15.9 Å². The fourth-order valence-electron chi connectivity index (χ4n) is 2.33. The molecule has 0 saturated carbocycles. The van der Waals surface area contributed by atoms with Crippen LogP contribution in [-0.4, -0.2) is 14.2 Å². The fourth-order valence-corrected chi connectivity index (χ4v) is 2.89. The Balaban J connectivity index is 2.06. The van der Waals surface area contributed by atoms with Crippen molar-refractivity contribution in [2.24, 2.45) is 0 Å². The Morgan fingerprint density at radius 3 is 2.50 bits per heavy atom. The van der Waals surface area contributed by atoms with E-state index in [1.165, 1.54) is 11.1 Å². The fraction of sp³-hybridized carbons (Fsp3) is 0.294. The van der Waals surface area contributed by atoms with Gasteiger partial charge in [0.1, 0.15) is 5.75 Å². The van der Waals surface area contributed by atoms with Crippen LogP contribution in [0.3, 0.4) is 0 Å². The first-order valence-electron chi connectivity index (χ1n) is 6.79. The van der Waals surface area contributed by atoms with Gasteiger partial charge in [0.05, 0.1) is 11.6 Å². The van der Waals surface area contributed by atoms with Gasteiger partial charge in [-0.1, -0.05) is 36.4 Å². The summed E-state index contributed by atoms with van der Waals surface area (Å²) in [6.45, 7) is 0. The van der Waals surface area contributed by atoms with Crippen molar-refractivity contribution < 1.29 is 4.74 Å². The van der Waals surface area contributed by atoms with Crippen molar-refractivity contribution in [3.63, 3.8) is 0 Å². The monoisotopic (exact) mass is 333 g/mol. The van der Waals surface area contributed by atoms with Crippen molar-refractivity contribution in [3.05, 3.63) is 64.1 Å². The zero-order chi connectivity index (χ0) is 14.4. The number of hydrogen-bond donors (Lipinski definition) is 1. The minimum absolute atomic E-state index is 0.345. The molecule has 1 N–H and O–H groups in total. The maximum atomic E-state index is 5.28. The molecule has 0 amide bonds. The molecule has 0 heterocycles. The van der Waals surface area contributed by atoms with Gasteiger partial charge < -0.3 is 10.1 Å². The van der Waals surface area contributed by atoms with Crippen LogP contribution in [0.25, 0.3) is 0 Å². The lowest BCUT2D eigenvalue weighted by molar-refractivity contribution is 0.411. The second-order valence-corrected chi connectivity index (χ2v) is 5.61. The SMILES string of the molecule is CNC(CCc1ccccc1)c1ccc(OC)c(Br)c1. The minimum Gasteiger partial charge on any atom is -0.496 e. The lowest BCUT2D eigenvalue weighted by atomic mass is 9.99. The molecule has 0 saturated heterocycles. The van der Waals surface area contributed by atoms with E-state index in [0.717, 1.165) is 23.1 Å². The lowest BCUT2D eigenvalue weighted by Crippen LogP contribution is -2.17. The normalized spacial score (nSPS) is 12.2. The first-order valence-corrected chi connectivity index (χ1v) is 7.58. The highest BCUT2D eigenvalue weighted by Crippen LogP contribution is 2.29. The molecule has 0 fully saturated rings. The van der Waals surface area contributed by atoms with E-state index in [1.807, 2.05) is 13.1 Å². The van der Waals surface area contributed by atoms with E-state index in [0.29, 0.717) is 6.04 Å². The number of nitrogens with one attached hydrogen (secondary N) is 1. The predicted molar refractivity (Wildman–Crippen MR) is 87.3 cm³/mol. The highest BCUT2D eigenvalue weighted by molar-refractivity contribution is 9.10. The highest BCUT2D eigenvalue weighted by atomic mass is 79.9. The summed E-state index contributed by atoms with van der Waals surface area (Å²) in [4.78, 5) is 0. The van der Waals surface area contributed by atoms with Crippen molar-refractivity contribution in [2.75, 3.05) is 14.2 Å². The van der Waals surface area contributed by atoms with Crippen LogP contribution >= 0.6 is 15.9 Å². The van der Waals surface area contributed by atoms with E-state index in [1.54, 1.807) is 7.11 Å². The topological polar surface area (TPSA) is 21.3 Å². The van der Waals surface area contributed by atoms with Crippen molar-refractivity contribution in [3.8, 4) is 5.75 Å². The van der Waals surface area contributed by atoms with Crippen molar-refractivity contribution in [1.82, 2.24) is 5.32 Å². The van der Waals surface area contributed by atoms with Gasteiger partial charge in [-0.05, 0) is 59.1 Å². The summed E-state index contributed by atoms with van der Waals surface area (Å²) in [5.41, 5.74) is 2.65. The van der Waals surface area contributed by atoms with Gasteiger partial charge in [-0.15, -0.1) is 0 Å². The first-order chi connectivity index (χ1) is 9.74. The Bertz CT molecular complexity index is 542. The van der Waals surface area contributed by atoms with Gasteiger partial charge in [0.15, 0.2) is 0 Å². The Morgan fingerprint density at radius 2 is 1.90 bits per heavy atom. The predicted octanol–water partition coefficient (Wildman–Crippen LogP) is 4.35. The third-order valence-corrected chi connectivity index (χ3v) is 4.11. The van der Waals surface area contributed by atoms with Gasteiger partial charge in [-0.25, -0.2) is 0 Å². The molecular formula is C17H20BrNO. The summed E-state index contributed by atoms with van der Waals surface area (Å²) in [6.07, 6.45) is 2.13. The van der Waals surface area contributed by atoms with Crippen LogP contribution < -0.4 is 10.1 Å². The zero-order valence-corrected chi connectivity index (χ0v) is 13.5. The van der Waals surface area contributed by atoms with Crippen molar-refractivity contribution in [1.29, 1.82) is 0 Å². The van der Waals surface area contributed by atoms with Crippen LogP contribution in [0.2, 0.25) is 0 Å². The summed E-state index contributed by atoms with van der Waals surface area (Å²) in [5, 5.41) is 3.39. The van der Waals surface area contributed by atoms with E-state index in [-0.39, 0.29) is 0 Å². The summed E-state index contributed by atoms with van der Waals surface area (Å²) in [5.74, 6) is 0.867. The standard InChI is InChI=1S/C17H20BrNO/c1-19-16(10-8-13-6-4-3-5-7-13)14-9-11-17(20-2)15(18)12-14/h3-7,9,11-12,16,19H,8,10H2,1-2H3. The molecule has 2 rings (SSSR count). The molecule has 0 bridgehead atoms. The van der Waals surface area contributed by atoms with Crippen LogP contribution in [0.15, 0.2) is 53.0 Å². The maximum Gasteiger partial charge on any atom is 0.133 e. The molecule has 1 atom stereocenters. The van der Waals surface area contributed by atoms with Gasteiger partial charge in [0.25, 0.3) is 0 Å². The number of rotatable bonds is 6. The van der Waals surface area contributed by atoms with Crippen LogP contribution in [0.4, 0.5) is 0 Å². The molecule has 0 aromatic heterocycles. The summed E-state index contributed by atoms with van der Waals surface area (Å²) in [6, 6.07) is 17.2. The third kappa shape index (κ3) is 3.84. The Labute approximate surface area is 129 Å². The smallest absolute Gasteiger partial charge is 0.133 e. The van der Waals surface area contributed by atoms with E-state index in [9.17, 15) is 0 Å². The third-order valence-electron chi connectivity index (χ3n) is 3.49. The van der Waals surface area contributed by atoms with E-state index in [2.05, 4.69) is 63.7 Å². The molecule has 3 heteroatoms. The first kappa shape index (κ1) is 15.1. The zero-order valence-electron chi connectivity index (χ0n) is 11.9. The van der Waals surface area contributed by atoms with Gasteiger partial charge in [-0.3, -0.25) is 0 Å². The molecule has 0 radical (unpaired) electrons. The van der Waals surface area contributed by atoms with E-state index in [4.69, 9.17) is 4.74 Å². The molecule has 0 aliphatic heterocycles. The molecule has 0 spiro atoms. The van der Waals surface area contributed by atoms with Crippen LogP contribution in [0.5, 0.6) is 5.75 Å². The summed E-state index contributed by atoms with van der Waals surface area (Å²) >= 11 is 3.55. The minimum atomic E-state index is 0.345. The molecule has 2 aromatic carbocycles. The number of benzene rings is 2. The van der Waals surface area contributed by atoms with Crippen LogP contribution in [0.1, 0.15) is 23.6 Å². The molecule has 0 aliphatic rings. The Morgan fingerprint density at radius 1 is 1.15 bits per heavy atom. The molecule has 1 unspecified atom stereocenters. The lowest BCUT2D eigenvalue weighted by Gasteiger charge is -2.18. The molecule has 0 aliphatic carbocycles. The average Bonchev–Trinajstić information content (AvgIpc) is 2.49. The number of aryl methyl sites for hydroxylation is 1. The van der Waals surface area contributed by atoms with Gasteiger partial charge in [-0.2, -0.15) is 0 Å². The highest BCUT2D eigenvalue weighted by Gasteiger charge is 2.11. The molecule has 2 nitrogen and oxygen atoms in total. The molecule has 20 heavy (non-hydrogen) atoms. The Kier molecular flexibility index (Phi) is 5.62. The second-order valence-electron chi connectivity index (χ2n) is 4.76. The quantitative estimate of drug-likeness (QED) is 0.848. The van der Waals surface area contributed by atoms with Crippen LogP contribution in [0, 0.1) is 0 Å². The second kappa shape index (κ2) is 7.46. The van der Waals surface area contributed by atoms with Crippen LogP contribution in [-0.2, 0) is 6.42 Å². The molecular weight excluding hydrogens is 314 g/mol. The Hall–Kier alpha value is -1.32. The largest absolute Gasteiger partial charge is 0.496 e. The summed E-state index contributed by atoms with van der Waals surface area (Å²) < 4.78 is 6.27. The molecule has 2 aromatic rings. The average molecular weight is 334 g/mol. The number of methoxy groups -OCH3 is 1. The van der Waals surface area contributed by atoms with Gasteiger partial charge in [0.2, 0.25) is 0 Å². The van der Waals surface area contributed by atoms with Crippen molar-refractivity contribution in [2.45, 2.75) is 18.9 Å². The van der Waals surface area contributed by atoms with E-state index < -0.39 is 0 Å². The molecule has 106 valence electrons.